The number of sulfonamides is 1. The van der Waals surface area contributed by atoms with E-state index in [1.807, 2.05) is 6.07 Å². The minimum atomic E-state index is -3.32. The highest BCUT2D eigenvalue weighted by Crippen LogP contribution is 2.47. The molecule has 1 aliphatic carbocycles. The largest absolute Gasteiger partial charge is 0.359 e. The average molecular weight is 369 g/mol. The molecule has 0 atom stereocenters. The highest BCUT2D eigenvalue weighted by Gasteiger charge is 2.37. The Balaban J connectivity index is 1.90. The highest BCUT2D eigenvalue weighted by molar-refractivity contribution is 7.92. The molecule has 1 fully saturated rings. The summed E-state index contributed by atoms with van der Waals surface area (Å²) in [7, 11) is -3.32. The van der Waals surface area contributed by atoms with E-state index in [4.69, 9.17) is 0 Å². The van der Waals surface area contributed by atoms with Crippen molar-refractivity contribution in [2.24, 2.45) is 0 Å². The number of hydrogen-bond donors (Lipinski definition) is 2. The minimum absolute atomic E-state index is 0.0124. The molecule has 4 nitrogen and oxygen atoms in total. The molecule has 1 saturated carbocycles. The first-order valence-corrected chi connectivity index (χ1v) is 11.0. The Kier molecular flexibility index (Phi) is 4.27. The topological polar surface area (TPSA) is 62.0 Å². The zero-order valence-corrected chi connectivity index (χ0v) is 15.8. The number of para-hydroxylation sites is 1. The van der Waals surface area contributed by atoms with Gasteiger partial charge >= 0.3 is 0 Å². The van der Waals surface area contributed by atoms with Crippen LogP contribution < -0.4 is 4.72 Å². The fourth-order valence-corrected chi connectivity index (χ4v) is 5.03. The Morgan fingerprint density at radius 1 is 0.962 bits per heavy atom. The molecule has 1 heterocycles. The number of hydrogen-bond acceptors (Lipinski definition) is 2. The summed E-state index contributed by atoms with van der Waals surface area (Å²) >= 11 is 0. The maximum Gasteiger partial charge on any atom is 0.229 e. The van der Waals surface area contributed by atoms with Crippen LogP contribution in [0.4, 0.5) is 5.69 Å². The fraction of sp³-hybridized carbons (Fsp3) is 0.333. The van der Waals surface area contributed by atoms with Crippen LogP contribution in [0.1, 0.15) is 43.2 Å². The van der Waals surface area contributed by atoms with Gasteiger partial charge in [-0.05, 0) is 30.0 Å². The van der Waals surface area contributed by atoms with Crippen molar-refractivity contribution in [2.45, 2.75) is 37.5 Å². The number of aromatic amines is 1. The highest BCUT2D eigenvalue weighted by atomic mass is 32.2. The summed E-state index contributed by atoms with van der Waals surface area (Å²) in [4.78, 5) is 3.34. The average Bonchev–Trinajstić information content (AvgIpc) is 3.08. The first kappa shape index (κ1) is 17.2. The van der Waals surface area contributed by atoms with Crippen molar-refractivity contribution >= 4 is 26.6 Å². The van der Waals surface area contributed by atoms with Gasteiger partial charge in [-0.15, -0.1) is 0 Å². The van der Waals surface area contributed by atoms with Crippen LogP contribution >= 0.6 is 0 Å². The van der Waals surface area contributed by atoms with Crippen molar-refractivity contribution in [1.82, 2.24) is 4.98 Å². The van der Waals surface area contributed by atoms with E-state index in [9.17, 15) is 8.42 Å². The van der Waals surface area contributed by atoms with Gasteiger partial charge in [0.15, 0.2) is 0 Å². The number of anilines is 1. The van der Waals surface area contributed by atoms with Crippen LogP contribution in [0.25, 0.3) is 10.9 Å². The molecule has 0 spiro atoms. The van der Waals surface area contributed by atoms with Crippen molar-refractivity contribution in [1.29, 1.82) is 0 Å². The van der Waals surface area contributed by atoms with Crippen molar-refractivity contribution in [2.75, 3.05) is 11.0 Å². The third-order valence-corrected chi connectivity index (χ3v) is 6.15. The van der Waals surface area contributed by atoms with Gasteiger partial charge in [0, 0.05) is 17.0 Å². The van der Waals surface area contributed by atoms with Gasteiger partial charge in [0.05, 0.1) is 17.5 Å². The molecule has 3 aromatic rings. The van der Waals surface area contributed by atoms with Gasteiger partial charge in [0.1, 0.15) is 0 Å². The molecule has 4 rings (SSSR count). The van der Waals surface area contributed by atoms with Gasteiger partial charge in [0.25, 0.3) is 0 Å². The first-order chi connectivity index (χ1) is 12.5. The van der Waals surface area contributed by atoms with Gasteiger partial charge in [-0.1, -0.05) is 61.7 Å². The Hall–Kier alpha value is -2.27. The molecule has 1 aromatic heterocycles. The summed E-state index contributed by atoms with van der Waals surface area (Å²) in [5.41, 5.74) is 4.07. The SMILES string of the molecule is CS(=O)(=O)Nc1cccc2c(C3(c4ccccc4)CCCCC3)c[nH]c12. The number of nitrogens with one attached hydrogen (secondary N) is 2. The molecule has 0 unspecified atom stereocenters. The third kappa shape index (κ3) is 3.01. The smallest absolute Gasteiger partial charge is 0.229 e. The predicted octanol–water partition coefficient (Wildman–Crippen LogP) is 4.79. The zero-order valence-electron chi connectivity index (χ0n) is 15.0. The van der Waals surface area contributed by atoms with E-state index < -0.39 is 10.0 Å². The number of H-pyrrole nitrogens is 1. The van der Waals surface area contributed by atoms with Crippen LogP contribution in [0.2, 0.25) is 0 Å². The lowest BCUT2D eigenvalue weighted by Gasteiger charge is -2.38. The molecular weight excluding hydrogens is 344 g/mol. The Bertz CT molecular complexity index is 1020. The molecule has 0 saturated heterocycles. The molecule has 136 valence electrons. The lowest BCUT2D eigenvalue weighted by atomic mass is 9.65. The van der Waals surface area contributed by atoms with Gasteiger partial charge in [-0.25, -0.2) is 8.42 Å². The van der Waals surface area contributed by atoms with Crippen LogP contribution in [-0.4, -0.2) is 19.7 Å². The van der Waals surface area contributed by atoms with Crippen LogP contribution in [0.5, 0.6) is 0 Å². The maximum absolute atomic E-state index is 11.7. The van der Waals surface area contributed by atoms with E-state index >= 15 is 0 Å². The van der Waals surface area contributed by atoms with Crippen LogP contribution in [0, 0.1) is 0 Å². The summed E-state index contributed by atoms with van der Waals surface area (Å²) in [5.74, 6) is 0. The van der Waals surface area contributed by atoms with Gasteiger partial charge < -0.3 is 4.98 Å². The standard InChI is InChI=1S/C21H24N2O2S/c1-26(24,25)23-19-12-8-11-17-18(15-22-20(17)19)21(13-6-3-7-14-21)16-9-4-2-5-10-16/h2,4-5,8-12,15,22-23H,3,6-7,13-14H2,1H3. The minimum Gasteiger partial charge on any atom is -0.359 e. The predicted molar refractivity (Wildman–Crippen MR) is 107 cm³/mol. The van der Waals surface area contributed by atoms with E-state index in [-0.39, 0.29) is 5.41 Å². The normalized spacial score (nSPS) is 17.3. The van der Waals surface area contributed by atoms with Crippen molar-refractivity contribution < 1.29 is 8.42 Å². The zero-order chi connectivity index (χ0) is 18.2. The van der Waals surface area contributed by atoms with Gasteiger partial charge in [-0.2, -0.15) is 0 Å². The second-order valence-electron chi connectivity index (χ2n) is 7.31. The summed E-state index contributed by atoms with van der Waals surface area (Å²) in [6.45, 7) is 0. The number of rotatable bonds is 4. The maximum atomic E-state index is 11.7. The summed E-state index contributed by atoms with van der Waals surface area (Å²) in [6, 6.07) is 16.5. The van der Waals surface area contributed by atoms with Crippen molar-refractivity contribution in [3.05, 3.63) is 65.9 Å². The Labute approximate surface area is 154 Å². The molecule has 1 aliphatic rings. The number of benzene rings is 2. The Morgan fingerprint density at radius 3 is 2.38 bits per heavy atom. The molecule has 0 bridgehead atoms. The van der Waals surface area contributed by atoms with Crippen molar-refractivity contribution in [3.63, 3.8) is 0 Å². The fourth-order valence-electron chi connectivity index (χ4n) is 4.46. The number of fused-ring (bicyclic) bond motifs is 1. The third-order valence-electron chi connectivity index (χ3n) is 5.56. The molecule has 5 heteroatoms. The number of aromatic nitrogens is 1. The van der Waals surface area contributed by atoms with Crippen LogP contribution in [-0.2, 0) is 15.4 Å². The molecule has 0 aliphatic heterocycles. The second kappa shape index (κ2) is 6.47. The van der Waals surface area contributed by atoms with E-state index in [1.54, 1.807) is 6.07 Å². The van der Waals surface area contributed by atoms with Crippen molar-refractivity contribution in [3.8, 4) is 0 Å². The van der Waals surface area contributed by atoms with E-state index in [0.717, 1.165) is 23.7 Å². The Morgan fingerprint density at radius 2 is 1.69 bits per heavy atom. The lowest BCUT2D eigenvalue weighted by molar-refractivity contribution is 0.348. The van der Waals surface area contributed by atoms with Gasteiger partial charge in [-0.3, -0.25) is 4.72 Å². The first-order valence-electron chi connectivity index (χ1n) is 9.13. The van der Waals surface area contributed by atoms with Crippen LogP contribution in [0.3, 0.4) is 0 Å². The monoisotopic (exact) mass is 368 g/mol. The van der Waals surface area contributed by atoms with Crippen LogP contribution in [0.15, 0.2) is 54.7 Å². The molecule has 2 N–H and O–H groups in total. The van der Waals surface area contributed by atoms with E-state index in [0.29, 0.717) is 5.69 Å². The molecule has 26 heavy (non-hydrogen) atoms. The molecule has 0 amide bonds. The summed E-state index contributed by atoms with van der Waals surface area (Å²) < 4.78 is 26.1. The quantitative estimate of drug-likeness (QED) is 0.695. The lowest BCUT2D eigenvalue weighted by Crippen LogP contribution is -2.30. The van der Waals surface area contributed by atoms with E-state index in [2.05, 4.69) is 52.3 Å². The van der Waals surface area contributed by atoms with Gasteiger partial charge in [0.2, 0.25) is 10.0 Å². The molecule has 0 radical (unpaired) electrons. The second-order valence-corrected chi connectivity index (χ2v) is 9.06. The molecule has 2 aromatic carbocycles. The summed E-state index contributed by atoms with van der Waals surface area (Å²) in [5, 5.41) is 1.10. The summed E-state index contributed by atoms with van der Waals surface area (Å²) in [6.07, 6.45) is 9.20. The molecular formula is C21H24N2O2S. The van der Waals surface area contributed by atoms with E-state index in [1.165, 1.54) is 36.6 Å².